The van der Waals surface area contributed by atoms with E-state index in [-0.39, 0.29) is 25.6 Å². The van der Waals surface area contributed by atoms with Gasteiger partial charge in [-0.1, -0.05) is 132 Å². The van der Waals surface area contributed by atoms with Crippen LogP contribution in [-0.4, -0.2) is 89.6 Å². The van der Waals surface area contributed by atoms with Gasteiger partial charge in [-0.3, -0.25) is 4.79 Å². The lowest BCUT2D eigenvalue weighted by molar-refractivity contribution is -0.305. The second-order valence-electron chi connectivity index (χ2n) is 14.0. The third-order valence-electron chi connectivity index (χ3n) is 9.12. The van der Waals surface area contributed by atoms with Gasteiger partial charge >= 0.3 is 5.97 Å². The van der Waals surface area contributed by atoms with Gasteiger partial charge < -0.3 is 39.4 Å². The summed E-state index contributed by atoms with van der Waals surface area (Å²) in [5, 5.41) is 40.0. The predicted octanol–water partition coefficient (Wildman–Crippen LogP) is 8.91. The fourth-order valence-corrected chi connectivity index (χ4v) is 5.87. The molecule has 0 aromatic heterocycles. The smallest absolute Gasteiger partial charge is 0.306 e. The molecule has 1 aliphatic rings. The lowest BCUT2D eigenvalue weighted by atomic mass is 9.99. The third-order valence-corrected chi connectivity index (χ3v) is 9.12. The fourth-order valence-electron chi connectivity index (χ4n) is 5.87. The number of carbonyl (C=O) groups is 1. The molecular formula is C45H76O9. The van der Waals surface area contributed by atoms with E-state index in [4.69, 9.17) is 18.9 Å². The van der Waals surface area contributed by atoms with Crippen LogP contribution in [0.3, 0.4) is 0 Å². The molecule has 54 heavy (non-hydrogen) atoms. The molecule has 9 nitrogen and oxygen atoms in total. The van der Waals surface area contributed by atoms with Crippen LogP contribution in [-0.2, 0) is 23.7 Å². The molecule has 6 atom stereocenters. The van der Waals surface area contributed by atoms with E-state index in [9.17, 15) is 25.2 Å². The van der Waals surface area contributed by atoms with Gasteiger partial charge in [-0.15, -0.1) is 0 Å². The van der Waals surface area contributed by atoms with Crippen molar-refractivity contribution in [2.75, 3.05) is 26.4 Å². The molecule has 4 N–H and O–H groups in total. The maximum Gasteiger partial charge on any atom is 0.306 e. The van der Waals surface area contributed by atoms with Crippen molar-refractivity contribution in [2.45, 2.75) is 179 Å². The number of aliphatic hydroxyl groups excluding tert-OH is 4. The Morgan fingerprint density at radius 1 is 0.593 bits per heavy atom. The van der Waals surface area contributed by atoms with Gasteiger partial charge in [0.2, 0.25) is 0 Å². The highest BCUT2D eigenvalue weighted by molar-refractivity contribution is 5.69. The van der Waals surface area contributed by atoms with Crippen LogP contribution in [0.5, 0.6) is 0 Å². The number of ether oxygens (including phenoxy) is 4. The molecule has 310 valence electrons. The molecule has 1 saturated heterocycles. The molecule has 1 rings (SSSR count). The van der Waals surface area contributed by atoms with E-state index in [0.717, 1.165) is 83.5 Å². The summed E-state index contributed by atoms with van der Waals surface area (Å²) in [7, 11) is 0. The highest BCUT2D eigenvalue weighted by Crippen LogP contribution is 2.22. The van der Waals surface area contributed by atoms with Crippen LogP contribution in [0.1, 0.15) is 142 Å². The van der Waals surface area contributed by atoms with E-state index >= 15 is 0 Å². The minimum atomic E-state index is -1.55. The van der Waals surface area contributed by atoms with Crippen molar-refractivity contribution in [1.82, 2.24) is 0 Å². The van der Waals surface area contributed by atoms with E-state index in [0.29, 0.717) is 13.0 Å². The maximum absolute atomic E-state index is 12.7. The van der Waals surface area contributed by atoms with Gasteiger partial charge in [-0.2, -0.15) is 0 Å². The zero-order valence-corrected chi connectivity index (χ0v) is 33.7. The molecule has 0 aromatic carbocycles. The molecule has 1 aliphatic heterocycles. The number of rotatable bonds is 34. The highest BCUT2D eigenvalue weighted by atomic mass is 16.7. The van der Waals surface area contributed by atoms with Gasteiger partial charge in [-0.05, 0) is 77.0 Å². The zero-order chi connectivity index (χ0) is 39.3. The van der Waals surface area contributed by atoms with Crippen molar-refractivity contribution in [2.24, 2.45) is 0 Å². The van der Waals surface area contributed by atoms with Crippen molar-refractivity contribution >= 4 is 5.97 Å². The molecule has 0 bridgehead atoms. The Bertz CT molecular complexity index is 1050. The summed E-state index contributed by atoms with van der Waals surface area (Å²) < 4.78 is 22.7. The maximum atomic E-state index is 12.7. The molecule has 1 heterocycles. The first-order valence-electron chi connectivity index (χ1n) is 21.0. The highest BCUT2D eigenvalue weighted by Gasteiger charge is 2.44. The van der Waals surface area contributed by atoms with Crippen molar-refractivity contribution in [1.29, 1.82) is 0 Å². The Balaban J connectivity index is 2.31. The molecule has 0 aromatic rings. The minimum absolute atomic E-state index is 0.123. The second kappa shape index (κ2) is 36.3. The summed E-state index contributed by atoms with van der Waals surface area (Å²) in [5.74, 6) is -0.349. The topological polar surface area (TPSA) is 135 Å². The number of hydrogen-bond acceptors (Lipinski definition) is 9. The van der Waals surface area contributed by atoms with E-state index in [1.807, 2.05) is 0 Å². The van der Waals surface area contributed by atoms with E-state index in [1.165, 1.54) is 32.1 Å². The normalized spacial score (nSPS) is 21.6. The summed E-state index contributed by atoms with van der Waals surface area (Å²) in [4.78, 5) is 12.7. The summed E-state index contributed by atoms with van der Waals surface area (Å²) in [5.41, 5.74) is 0. The average Bonchev–Trinajstić information content (AvgIpc) is 3.17. The molecule has 0 saturated carbocycles. The number of hydrogen-bond donors (Lipinski definition) is 4. The van der Waals surface area contributed by atoms with Gasteiger partial charge in [0.25, 0.3) is 0 Å². The van der Waals surface area contributed by atoms with Crippen LogP contribution < -0.4 is 0 Å². The molecule has 6 unspecified atom stereocenters. The molecule has 0 radical (unpaired) electrons. The summed E-state index contributed by atoms with van der Waals surface area (Å²) >= 11 is 0. The molecule has 0 aliphatic carbocycles. The Morgan fingerprint density at radius 2 is 1.07 bits per heavy atom. The summed E-state index contributed by atoms with van der Waals surface area (Å²) in [6, 6.07) is 0. The van der Waals surface area contributed by atoms with Crippen LogP contribution >= 0.6 is 0 Å². The Hall–Kier alpha value is -2.37. The minimum Gasteiger partial charge on any atom is -0.457 e. The first kappa shape index (κ1) is 49.6. The lowest BCUT2D eigenvalue weighted by Crippen LogP contribution is -2.59. The van der Waals surface area contributed by atoms with Crippen LogP contribution in [0.25, 0.3) is 0 Å². The number of esters is 1. The standard InChI is InChI=1S/C45H76O9/c1-3-5-7-9-11-13-15-17-18-19-20-21-23-25-27-29-31-33-35-51-37-39(38-52-45-44(50)43(49)42(48)40(36-46)54-45)53-41(47)34-32-30-28-26-24-22-16-14-12-10-8-6-4-2/h5-8,11-14,17-18,22,24,39-40,42-46,48-50H,3-4,9-10,15-16,19-21,23,25-38H2,1-2H3/b7-5-,8-6-,13-11-,14-12-,18-17-,24-22-. The number of unbranched alkanes of at least 4 members (excludes halogenated alkanes) is 11. The molecule has 0 spiro atoms. The molecular weight excluding hydrogens is 684 g/mol. The molecule has 1 fully saturated rings. The van der Waals surface area contributed by atoms with E-state index < -0.39 is 43.4 Å². The SMILES string of the molecule is CC/C=C\C/C=C\C/C=C\CCCCCCCCCCOCC(COC1OC(CO)C(O)C(O)C1O)OC(=O)CCCCC/C=C\C/C=C\C/C=C\CC. The monoisotopic (exact) mass is 761 g/mol. The largest absolute Gasteiger partial charge is 0.457 e. The number of allylic oxidation sites excluding steroid dienone is 12. The zero-order valence-electron chi connectivity index (χ0n) is 33.7. The Morgan fingerprint density at radius 3 is 1.61 bits per heavy atom. The lowest BCUT2D eigenvalue weighted by Gasteiger charge is -2.39. The van der Waals surface area contributed by atoms with Gasteiger partial charge in [-0.25, -0.2) is 0 Å². The van der Waals surface area contributed by atoms with E-state index in [1.54, 1.807) is 0 Å². The van der Waals surface area contributed by atoms with E-state index in [2.05, 4.69) is 86.8 Å². The van der Waals surface area contributed by atoms with Crippen LogP contribution in [0, 0.1) is 0 Å². The fraction of sp³-hybridized carbons (Fsp3) is 0.711. The van der Waals surface area contributed by atoms with Crippen molar-refractivity contribution in [3.8, 4) is 0 Å². The van der Waals surface area contributed by atoms with Crippen LogP contribution in [0.2, 0.25) is 0 Å². The van der Waals surface area contributed by atoms with Crippen molar-refractivity contribution in [3.63, 3.8) is 0 Å². The van der Waals surface area contributed by atoms with Crippen molar-refractivity contribution in [3.05, 3.63) is 72.9 Å². The Kier molecular flexibility index (Phi) is 33.4. The molecule has 9 heteroatoms. The van der Waals surface area contributed by atoms with Gasteiger partial charge in [0.15, 0.2) is 6.29 Å². The van der Waals surface area contributed by atoms with Crippen LogP contribution in [0.4, 0.5) is 0 Å². The number of carbonyl (C=O) groups excluding carboxylic acids is 1. The third kappa shape index (κ3) is 27.2. The average molecular weight is 761 g/mol. The summed E-state index contributed by atoms with van der Waals surface area (Å²) in [6.45, 7) is 4.25. The first-order chi connectivity index (χ1) is 26.4. The quantitative estimate of drug-likeness (QED) is 0.0288. The second-order valence-corrected chi connectivity index (χ2v) is 14.0. The van der Waals surface area contributed by atoms with Crippen molar-refractivity contribution < 1.29 is 44.2 Å². The van der Waals surface area contributed by atoms with Gasteiger partial charge in [0.1, 0.15) is 30.5 Å². The predicted molar refractivity (Wildman–Crippen MR) is 219 cm³/mol. The first-order valence-corrected chi connectivity index (χ1v) is 21.0. The van der Waals surface area contributed by atoms with Gasteiger partial charge in [0.05, 0.1) is 19.8 Å². The Labute approximate surface area is 327 Å². The summed E-state index contributed by atoms with van der Waals surface area (Å²) in [6.07, 6.45) is 39.3. The number of aliphatic hydroxyl groups is 4. The molecule has 0 amide bonds. The van der Waals surface area contributed by atoms with Crippen LogP contribution in [0.15, 0.2) is 72.9 Å². The van der Waals surface area contributed by atoms with Gasteiger partial charge in [0, 0.05) is 13.0 Å².